The Hall–Kier alpha value is -2.61. The van der Waals surface area contributed by atoms with Crippen LogP contribution in [0.2, 0.25) is 0 Å². The number of rotatable bonds is 8. The maximum absolute atomic E-state index is 12.3. The first-order valence-corrected chi connectivity index (χ1v) is 8.44. The fourth-order valence-electron chi connectivity index (χ4n) is 1.88. The number of thioether (sulfide) groups is 1. The largest absolute Gasteiger partial charge is 0.434 e. The zero-order chi connectivity index (χ0) is 18.1. The minimum atomic E-state index is -2.93. The van der Waals surface area contributed by atoms with E-state index in [1.165, 1.54) is 12.3 Å². The van der Waals surface area contributed by atoms with Crippen LogP contribution in [0.25, 0.3) is 0 Å². The topological polar surface area (TPSA) is 59.9 Å². The van der Waals surface area contributed by atoms with Crippen molar-refractivity contribution in [1.82, 2.24) is 0 Å². The molecule has 0 atom stereocenters. The van der Waals surface area contributed by atoms with Crippen molar-refractivity contribution < 1.29 is 23.1 Å². The molecule has 0 aliphatic carbocycles. The van der Waals surface area contributed by atoms with Crippen LogP contribution in [0.15, 0.2) is 58.6 Å². The average molecular weight is 366 g/mol. The third-order valence-corrected chi connectivity index (χ3v) is 3.68. The van der Waals surface area contributed by atoms with Crippen LogP contribution >= 0.6 is 11.8 Å². The lowest BCUT2D eigenvalue weighted by molar-refractivity contribution is -0.120. The SMILES string of the molecule is CSc1cccc(NC(=O)CO/N=C/c2ccccc2OC(F)F)c1. The number of ether oxygens (including phenoxy) is 1. The summed E-state index contributed by atoms with van der Waals surface area (Å²) in [4.78, 5) is 17.7. The molecule has 0 saturated heterocycles. The number of alkyl halides is 2. The molecule has 1 N–H and O–H groups in total. The molecule has 2 aromatic carbocycles. The summed E-state index contributed by atoms with van der Waals surface area (Å²) in [5, 5.41) is 6.29. The second-order valence-corrected chi connectivity index (χ2v) is 5.58. The highest BCUT2D eigenvalue weighted by Gasteiger charge is 2.08. The number of nitrogens with zero attached hydrogens (tertiary/aromatic N) is 1. The lowest BCUT2D eigenvalue weighted by Crippen LogP contribution is -2.17. The van der Waals surface area contributed by atoms with E-state index < -0.39 is 6.61 Å². The molecule has 0 aromatic heterocycles. The molecule has 0 saturated carbocycles. The van der Waals surface area contributed by atoms with E-state index in [9.17, 15) is 13.6 Å². The van der Waals surface area contributed by atoms with E-state index >= 15 is 0 Å². The number of carbonyl (C=O) groups excluding carboxylic acids is 1. The van der Waals surface area contributed by atoms with Gasteiger partial charge in [0, 0.05) is 16.1 Å². The number of halogens is 2. The molecule has 132 valence electrons. The second-order valence-electron chi connectivity index (χ2n) is 4.70. The van der Waals surface area contributed by atoms with Gasteiger partial charge in [-0.05, 0) is 36.6 Å². The molecule has 25 heavy (non-hydrogen) atoms. The van der Waals surface area contributed by atoms with E-state index in [-0.39, 0.29) is 18.3 Å². The van der Waals surface area contributed by atoms with Crippen molar-refractivity contribution in [3.63, 3.8) is 0 Å². The van der Waals surface area contributed by atoms with E-state index in [0.717, 1.165) is 4.90 Å². The van der Waals surface area contributed by atoms with Gasteiger partial charge in [-0.25, -0.2) is 0 Å². The van der Waals surface area contributed by atoms with Crippen molar-refractivity contribution in [3.05, 3.63) is 54.1 Å². The number of oxime groups is 1. The van der Waals surface area contributed by atoms with Crippen LogP contribution in [0.4, 0.5) is 14.5 Å². The first-order valence-electron chi connectivity index (χ1n) is 7.21. The average Bonchev–Trinajstić information content (AvgIpc) is 2.59. The van der Waals surface area contributed by atoms with Crippen molar-refractivity contribution in [2.24, 2.45) is 5.16 Å². The Morgan fingerprint density at radius 1 is 1.28 bits per heavy atom. The molecule has 8 heteroatoms. The third-order valence-electron chi connectivity index (χ3n) is 2.95. The Bertz CT molecular complexity index is 741. The van der Waals surface area contributed by atoms with Gasteiger partial charge in [0.25, 0.3) is 5.91 Å². The highest BCUT2D eigenvalue weighted by atomic mass is 32.2. The Labute approximate surface area is 148 Å². The maximum atomic E-state index is 12.3. The van der Waals surface area contributed by atoms with E-state index in [1.54, 1.807) is 36.0 Å². The lowest BCUT2D eigenvalue weighted by Gasteiger charge is -2.07. The number of carbonyl (C=O) groups is 1. The first-order chi connectivity index (χ1) is 12.1. The molecule has 0 unspecified atom stereocenters. The highest BCUT2D eigenvalue weighted by molar-refractivity contribution is 7.98. The molecule has 0 fully saturated rings. The zero-order valence-corrected chi connectivity index (χ0v) is 14.1. The van der Waals surface area contributed by atoms with Crippen LogP contribution in [0.3, 0.4) is 0 Å². The van der Waals surface area contributed by atoms with Gasteiger partial charge in [0.1, 0.15) is 5.75 Å². The Morgan fingerprint density at radius 3 is 2.84 bits per heavy atom. The first kappa shape index (κ1) is 18.7. The highest BCUT2D eigenvalue weighted by Crippen LogP contribution is 2.19. The summed E-state index contributed by atoms with van der Waals surface area (Å²) in [6.07, 6.45) is 3.15. The molecule has 0 radical (unpaired) electrons. The van der Waals surface area contributed by atoms with Crippen LogP contribution in [0, 0.1) is 0 Å². The molecule has 0 aliphatic rings. The van der Waals surface area contributed by atoms with Crippen molar-refractivity contribution in [2.75, 3.05) is 18.2 Å². The fraction of sp³-hybridized carbons (Fsp3) is 0.176. The summed E-state index contributed by atoms with van der Waals surface area (Å²) in [7, 11) is 0. The number of anilines is 1. The number of benzene rings is 2. The van der Waals surface area contributed by atoms with E-state index in [2.05, 4.69) is 15.2 Å². The number of amides is 1. The van der Waals surface area contributed by atoms with Crippen LogP contribution in [0.5, 0.6) is 5.75 Å². The quantitative estimate of drug-likeness (QED) is 0.436. The predicted octanol–water partition coefficient (Wildman–Crippen LogP) is 4.00. The summed E-state index contributed by atoms with van der Waals surface area (Å²) in [5.41, 5.74) is 0.969. The van der Waals surface area contributed by atoms with Gasteiger partial charge in [0.2, 0.25) is 0 Å². The molecule has 2 aromatic rings. The third kappa shape index (κ3) is 6.42. The van der Waals surface area contributed by atoms with Crippen LogP contribution in [-0.2, 0) is 9.63 Å². The molecule has 0 bridgehead atoms. The van der Waals surface area contributed by atoms with Gasteiger partial charge < -0.3 is 14.9 Å². The summed E-state index contributed by atoms with van der Waals surface area (Å²) in [6, 6.07) is 13.5. The molecule has 0 spiro atoms. The Morgan fingerprint density at radius 2 is 2.08 bits per heavy atom. The van der Waals surface area contributed by atoms with Crippen molar-refractivity contribution in [2.45, 2.75) is 11.5 Å². The summed E-state index contributed by atoms with van der Waals surface area (Å²) in [6.45, 7) is -3.24. The zero-order valence-electron chi connectivity index (χ0n) is 13.3. The summed E-state index contributed by atoms with van der Waals surface area (Å²) < 4.78 is 29.0. The van der Waals surface area contributed by atoms with E-state index in [4.69, 9.17) is 4.84 Å². The van der Waals surface area contributed by atoms with Gasteiger partial charge in [-0.3, -0.25) is 4.79 Å². The standard InChI is InChI=1S/C17H16F2N2O3S/c1-25-14-7-4-6-13(9-14)21-16(22)11-23-20-10-12-5-2-3-8-15(12)24-17(18)19/h2-10,17H,11H2,1H3,(H,21,22)/b20-10+. The van der Waals surface area contributed by atoms with Crippen LogP contribution in [0.1, 0.15) is 5.56 Å². The molecule has 0 heterocycles. The molecular weight excluding hydrogens is 350 g/mol. The van der Waals surface area contributed by atoms with Crippen molar-refractivity contribution in [3.8, 4) is 5.75 Å². The minimum Gasteiger partial charge on any atom is -0.434 e. The summed E-state index contributed by atoms with van der Waals surface area (Å²) >= 11 is 1.56. The number of hydrogen-bond donors (Lipinski definition) is 1. The van der Waals surface area contributed by atoms with Gasteiger partial charge in [-0.1, -0.05) is 23.4 Å². The molecule has 2 rings (SSSR count). The smallest absolute Gasteiger partial charge is 0.387 e. The normalized spacial score (nSPS) is 10.9. The molecule has 5 nitrogen and oxygen atoms in total. The van der Waals surface area contributed by atoms with Crippen molar-refractivity contribution in [1.29, 1.82) is 0 Å². The van der Waals surface area contributed by atoms with Crippen LogP contribution in [-0.4, -0.2) is 31.6 Å². The Balaban J connectivity index is 1.85. The van der Waals surface area contributed by atoms with Gasteiger partial charge in [0.05, 0.1) is 6.21 Å². The fourth-order valence-corrected chi connectivity index (χ4v) is 2.34. The molecule has 1 amide bonds. The summed E-state index contributed by atoms with van der Waals surface area (Å²) in [5.74, 6) is -0.407. The van der Waals surface area contributed by atoms with Gasteiger partial charge in [0.15, 0.2) is 6.61 Å². The maximum Gasteiger partial charge on any atom is 0.387 e. The number of hydrogen-bond acceptors (Lipinski definition) is 5. The van der Waals surface area contributed by atoms with E-state index in [0.29, 0.717) is 11.3 Å². The molecular formula is C17H16F2N2O3S. The van der Waals surface area contributed by atoms with Gasteiger partial charge >= 0.3 is 6.61 Å². The number of para-hydroxylation sites is 1. The van der Waals surface area contributed by atoms with Gasteiger partial charge in [-0.15, -0.1) is 11.8 Å². The Kier molecular flexibility index (Phi) is 7.21. The predicted molar refractivity (Wildman–Crippen MR) is 93.5 cm³/mol. The van der Waals surface area contributed by atoms with Crippen molar-refractivity contribution >= 4 is 29.6 Å². The lowest BCUT2D eigenvalue weighted by atomic mass is 10.2. The second kappa shape index (κ2) is 9.63. The van der Waals surface area contributed by atoms with E-state index in [1.807, 2.05) is 24.5 Å². The number of nitrogens with one attached hydrogen (secondary N) is 1. The van der Waals surface area contributed by atoms with Gasteiger partial charge in [-0.2, -0.15) is 8.78 Å². The molecule has 0 aliphatic heterocycles. The minimum absolute atomic E-state index is 0.0248. The monoisotopic (exact) mass is 366 g/mol. The van der Waals surface area contributed by atoms with Crippen LogP contribution < -0.4 is 10.1 Å².